The summed E-state index contributed by atoms with van der Waals surface area (Å²) in [6.45, 7) is 0.818. The molecule has 2 N–H and O–H groups in total. The quantitative estimate of drug-likeness (QED) is 0.446. The highest BCUT2D eigenvalue weighted by Gasteiger charge is 2.51. The van der Waals surface area contributed by atoms with Crippen LogP contribution < -0.4 is 10.6 Å². The number of amides is 4. The lowest BCUT2D eigenvalue weighted by Crippen LogP contribution is -2.49. The minimum Gasteiger partial charge on any atom is -0.340 e. The number of imide groups is 1. The third kappa shape index (κ3) is 2.50. The molecule has 2 aliphatic heterocycles. The number of hydrogen-bond donors (Lipinski definition) is 2. The zero-order valence-corrected chi connectivity index (χ0v) is 11.6. The molecule has 18 heavy (non-hydrogen) atoms. The van der Waals surface area contributed by atoms with E-state index in [1.807, 2.05) is 0 Å². The van der Waals surface area contributed by atoms with Gasteiger partial charge in [-0.25, -0.2) is 4.79 Å². The molecule has 4 amide bonds. The summed E-state index contributed by atoms with van der Waals surface area (Å²) in [5.41, 5.74) is -0.887. The van der Waals surface area contributed by atoms with Gasteiger partial charge in [-0.05, 0) is 19.3 Å². The smallest absolute Gasteiger partial charge is 0.322 e. The Balaban J connectivity index is 1.90. The van der Waals surface area contributed by atoms with Crippen LogP contribution in [-0.2, 0) is 9.59 Å². The average molecular weight is 318 g/mol. The SMILES string of the molecule is O=C1NC(=O)C2(CCN(C(=O)CCCCBr)C2)N1. The van der Waals surface area contributed by atoms with E-state index < -0.39 is 11.6 Å². The van der Waals surface area contributed by atoms with Gasteiger partial charge in [-0.2, -0.15) is 0 Å². The molecule has 0 aromatic rings. The fourth-order valence-corrected chi connectivity index (χ4v) is 2.76. The molecule has 1 unspecified atom stereocenters. The Bertz CT molecular complexity index is 388. The van der Waals surface area contributed by atoms with Crippen LogP contribution in [0.4, 0.5) is 4.79 Å². The second-order valence-corrected chi connectivity index (χ2v) is 5.49. The fourth-order valence-electron chi connectivity index (χ4n) is 2.37. The predicted octanol–water partition coefficient (Wildman–Crippen LogP) is 0.362. The maximum Gasteiger partial charge on any atom is 0.322 e. The van der Waals surface area contributed by atoms with Crippen molar-refractivity contribution in [1.82, 2.24) is 15.5 Å². The first-order valence-corrected chi connectivity index (χ1v) is 7.17. The van der Waals surface area contributed by atoms with Gasteiger partial charge in [0.05, 0.1) is 6.54 Å². The Morgan fingerprint density at radius 3 is 2.78 bits per heavy atom. The molecule has 0 aromatic heterocycles. The van der Waals surface area contributed by atoms with Gasteiger partial charge in [0.25, 0.3) is 5.91 Å². The standard InChI is InChI=1S/C11H16BrN3O3/c12-5-2-1-3-8(16)15-6-4-11(7-15)9(17)13-10(18)14-11/h1-7H2,(H2,13,14,17,18). The van der Waals surface area contributed by atoms with E-state index in [9.17, 15) is 14.4 Å². The van der Waals surface area contributed by atoms with Crippen molar-refractivity contribution in [2.24, 2.45) is 0 Å². The maximum absolute atomic E-state index is 11.9. The summed E-state index contributed by atoms with van der Waals surface area (Å²) in [5.74, 6) is -0.259. The van der Waals surface area contributed by atoms with Crippen molar-refractivity contribution >= 4 is 33.8 Å². The molecule has 1 atom stereocenters. The number of carbonyl (C=O) groups excluding carboxylic acids is 3. The van der Waals surface area contributed by atoms with E-state index in [1.54, 1.807) is 4.90 Å². The lowest BCUT2D eigenvalue weighted by Gasteiger charge is -2.21. The second-order valence-electron chi connectivity index (χ2n) is 4.70. The summed E-state index contributed by atoms with van der Waals surface area (Å²) in [6, 6.07) is -0.464. The molecular weight excluding hydrogens is 302 g/mol. The number of rotatable bonds is 4. The van der Waals surface area contributed by atoms with Crippen LogP contribution in [0.2, 0.25) is 0 Å². The molecule has 1 spiro atoms. The van der Waals surface area contributed by atoms with Crippen molar-refractivity contribution in [2.45, 2.75) is 31.2 Å². The van der Waals surface area contributed by atoms with E-state index in [1.165, 1.54) is 0 Å². The number of likely N-dealkylation sites (tertiary alicyclic amines) is 1. The van der Waals surface area contributed by atoms with E-state index in [2.05, 4.69) is 26.6 Å². The van der Waals surface area contributed by atoms with Crippen LogP contribution in [-0.4, -0.2) is 46.7 Å². The van der Waals surface area contributed by atoms with Gasteiger partial charge in [0.2, 0.25) is 5.91 Å². The Labute approximate surface area is 114 Å². The number of nitrogens with one attached hydrogen (secondary N) is 2. The van der Waals surface area contributed by atoms with E-state index >= 15 is 0 Å². The molecule has 100 valence electrons. The van der Waals surface area contributed by atoms with Crippen molar-refractivity contribution in [3.8, 4) is 0 Å². The lowest BCUT2D eigenvalue weighted by atomic mass is 9.99. The summed E-state index contributed by atoms with van der Waals surface area (Å²) in [7, 11) is 0. The minimum atomic E-state index is -0.887. The summed E-state index contributed by atoms with van der Waals surface area (Å²) < 4.78 is 0. The Morgan fingerprint density at radius 2 is 2.17 bits per heavy atom. The molecule has 0 aromatic carbocycles. The Morgan fingerprint density at radius 1 is 1.39 bits per heavy atom. The van der Waals surface area contributed by atoms with Crippen LogP contribution in [0.3, 0.4) is 0 Å². The van der Waals surface area contributed by atoms with Gasteiger partial charge in [-0.15, -0.1) is 0 Å². The molecule has 0 saturated carbocycles. The predicted molar refractivity (Wildman–Crippen MR) is 68.2 cm³/mol. The van der Waals surface area contributed by atoms with Crippen LogP contribution in [0.5, 0.6) is 0 Å². The van der Waals surface area contributed by atoms with E-state index in [0.29, 0.717) is 19.4 Å². The normalized spacial score (nSPS) is 26.6. The van der Waals surface area contributed by atoms with Crippen LogP contribution >= 0.6 is 15.9 Å². The molecule has 0 radical (unpaired) electrons. The molecule has 2 fully saturated rings. The zero-order valence-electron chi connectivity index (χ0n) is 10.00. The van der Waals surface area contributed by atoms with Crippen LogP contribution in [0, 0.1) is 0 Å². The summed E-state index contributed by atoms with van der Waals surface area (Å²) >= 11 is 3.32. The molecule has 2 saturated heterocycles. The maximum atomic E-state index is 11.9. The monoisotopic (exact) mass is 317 g/mol. The number of hydrogen-bond acceptors (Lipinski definition) is 3. The van der Waals surface area contributed by atoms with Crippen LogP contribution in [0.15, 0.2) is 0 Å². The minimum absolute atomic E-state index is 0.0572. The highest BCUT2D eigenvalue weighted by molar-refractivity contribution is 9.09. The first-order chi connectivity index (χ1) is 8.57. The second kappa shape index (κ2) is 5.26. The third-order valence-corrected chi connectivity index (χ3v) is 3.97. The highest BCUT2D eigenvalue weighted by atomic mass is 79.9. The van der Waals surface area contributed by atoms with E-state index in [0.717, 1.165) is 18.2 Å². The van der Waals surface area contributed by atoms with Gasteiger partial charge in [0.15, 0.2) is 0 Å². The molecule has 2 rings (SSSR count). The number of halogens is 1. The molecule has 0 aliphatic carbocycles. The van der Waals surface area contributed by atoms with Gasteiger partial charge >= 0.3 is 6.03 Å². The van der Waals surface area contributed by atoms with Crippen molar-refractivity contribution < 1.29 is 14.4 Å². The largest absolute Gasteiger partial charge is 0.340 e. The van der Waals surface area contributed by atoms with E-state index in [-0.39, 0.29) is 18.4 Å². The molecular formula is C11H16BrN3O3. The molecule has 7 heteroatoms. The number of urea groups is 1. The number of alkyl halides is 1. The fraction of sp³-hybridized carbons (Fsp3) is 0.727. The van der Waals surface area contributed by atoms with Gasteiger partial charge in [-0.3, -0.25) is 14.9 Å². The van der Waals surface area contributed by atoms with Gasteiger partial charge in [0, 0.05) is 18.3 Å². The Kier molecular flexibility index (Phi) is 3.89. The van der Waals surface area contributed by atoms with Gasteiger partial charge in [0.1, 0.15) is 5.54 Å². The van der Waals surface area contributed by atoms with Gasteiger partial charge < -0.3 is 10.2 Å². The summed E-state index contributed by atoms with van der Waals surface area (Å²) in [6.07, 6.45) is 2.79. The average Bonchev–Trinajstić information content (AvgIpc) is 2.85. The van der Waals surface area contributed by atoms with Crippen LogP contribution in [0.1, 0.15) is 25.7 Å². The summed E-state index contributed by atoms with van der Waals surface area (Å²) in [4.78, 5) is 36.4. The lowest BCUT2D eigenvalue weighted by molar-refractivity contribution is -0.130. The first kappa shape index (κ1) is 13.3. The topological polar surface area (TPSA) is 78.5 Å². The van der Waals surface area contributed by atoms with Crippen LogP contribution in [0.25, 0.3) is 0 Å². The molecule has 2 aliphatic rings. The number of nitrogens with zero attached hydrogens (tertiary/aromatic N) is 1. The van der Waals surface area contributed by atoms with Crippen molar-refractivity contribution in [3.63, 3.8) is 0 Å². The van der Waals surface area contributed by atoms with Crippen molar-refractivity contribution in [1.29, 1.82) is 0 Å². The van der Waals surface area contributed by atoms with Gasteiger partial charge in [-0.1, -0.05) is 15.9 Å². The van der Waals surface area contributed by atoms with Crippen molar-refractivity contribution in [2.75, 3.05) is 18.4 Å². The molecule has 2 heterocycles. The highest BCUT2D eigenvalue weighted by Crippen LogP contribution is 2.25. The molecule has 6 nitrogen and oxygen atoms in total. The first-order valence-electron chi connectivity index (χ1n) is 6.05. The third-order valence-electron chi connectivity index (χ3n) is 3.41. The molecule has 0 bridgehead atoms. The Hall–Kier alpha value is -1.11. The summed E-state index contributed by atoms with van der Waals surface area (Å²) in [5, 5.41) is 5.75. The van der Waals surface area contributed by atoms with Crippen molar-refractivity contribution in [3.05, 3.63) is 0 Å². The number of carbonyl (C=O) groups is 3. The number of unbranched alkanes of at least 4 members (excludes halogenated alkanes) is 1. The van der Waals surface area contributed by atoms with E-state index in [4.69, 9.17) is 0 Å². The zero-order chi connectivity index (χ0) is 13.2.